The molecule has 1 aromatic rings. The molecule has 0 aliphatic carbocycles. The summed E-state index contributed by atoms with van der Waals surface area (Å²) in [7, 11) is 3.40. The Bertz CT molecular complexity index is 885. The highest BCUT2D eigenvalue weighted by Gasteiger charge is 2.41. The van der Waals surface area contributed by atoms with E-state index in [9.17, 15) is 19.5 Å². The molecule has 0 aliphatic heterocycles. The second-order valence-corrected chi connectivity index (χ2v) is 11.0. The molecule has 0 aliphatic rings. The van der Waals surface area contributed by atoms with E-state index in [4.69, 9.17) is 0 Å². The third-order valence-electron chi connectivity index (χ3n) is 6.43. The standard InChI is InChI=1S/C27H43N3O4/c1-17(2)20(16-18(3)25(33)34)30(10)24(32)22(26(4,5)6)29-23(31)21(28-9)27(7,8)19-14-12-11-13-15-19/h11-17,20-22,28H,1-10H3,(H,29,31)(H,33,34)/t20-,21?,22+/m0/s1. The maximum atomic E-state index is 13.7. The fraction of sp³-hybridized carbons (Fsp3) is 0.593. The number of hydrogen-bond donors (Lipinski definition) is 3. The second-order valence-electron chi connectivity index (χ2n) is 11.0. The molecule has 0 aromatic heterocycles. The number of carboxylic acids is 1. The zero-order chi connectivity index (χ0) is 26.4. The van der Waals surface area contributed by atoms with E-state index in [0.717, 1.165) is 5.56 Å². The molecule has 7 nitrogen and oxygen atoms in total. The van der Waals surface area contributed by atoms with Gasteiger partial charge in [0.2, 0.25) is 11.8 Å². The van der Waals surface area contributed by atoms with Crippen molar-refractivity contribution in [3.63, 3.8) is 0 Å². The first-order valence-electron chi connectivity index (χ1n) is 11.8. The molecule has 0 saturated carbocycles. The number of rotatable bonds is 10. The summed E-state index contributed by atoms with van der Waals surface area (Å²) in [6.07, 6.45) is 1.60. The number of amides is 2. The van der Waals surface area contributed by atoms with Crippen molar-refractivity contribution in [2.75, 3.05) is 14.1 Å². The number of nitrogens with one attached hydrogen (secondary N) is 2. The molecule has 0 radical (unpaired) electrons. The van der Waals surface area contributed by atoms with Crippen LogP contribution < -0.4 is 10.6 Å². The molecular weight excluding hydrogens is 430 g/mol. The fourth-order valence-electron chi connectivity index (χ4n) is 4.16. The molecule has 2 amide bonds. The van der Waals surface area contributed by atoms with Crippen molar-refractivity contribution in [2.24, 2.45) is 11.3 Å². The third kappa shape index (κ3) is 7.16. The van der Waals surface area contributed by atoms with E-state index in [1.54, 1.807) is 25.1 Å². The number of aliphatic carboxylic acids is 1. The van der Waals surface area contributed by atoms with Gasteiger partial charge in [-0.05, 0) is 30.9 Å². The lowest BCUT2D eigenvalue weighted by atomic mass is 9.76. The first kappa shape index (κ1) is 29.4. The molecule has 34 heavy (non-hydrogen) atoms. The predicted molar refractivity (Wildman–Crippen MR) is 136 cm³/mol. The van der Waals surface area contributed by atoms with Crippen LogP contribution >= 0.6 is 0 Å². The summed E-state index contributed by atoms with van der Waals surface area (Å²) >= 11 is 0. The summed E-state index contributed by atoms with van der Waals surface area (Å²) in [5.41, 5.74) is 0.0895. The topological polar surface area (TPSA) is 98.7 Å². The molecule has 3 N–H and O–H groups in total. The Morgan fingerprint density at radius 3 is 1.94 bits per heavy atom. The van der Waals surface area contributed by atoms with Crippen LogP contribution in [0.1, 0.15) is 61.0 Å². The highest BCUT2D eigenvalue weighted by molar-refractivity contribution is 5.91. The first-order valence-corrected chi connectivity index (χ1v) is 11.8. The molecule has 7 heteroatoms. The van der Waals surface area contributed by atoms with Gasteiger partial charge in [-0.3, -0.25) is 9.59 Å². The predicted octanol–water partition coefficient (Wildman–Crippen LogP) is 3.60. The molecule has 1 rings (SSSR count). The number of hydrogen-bond acceptors (Lipinski definition) is 4. The van der Waals surface area contributed by atoms with E-state index < -0.39 is 34.9 Å². The van der Waals surface area contributed by atoms with Crippen molar-refractivity contribution in [1.29, 1.82) is 0 Å². The van der Waals surface area contributed by atoms with E-state index in [2.05, 4.69) is 10.6 Å². The van der Waals surface area contributed by atoms with Gasteiger partial charge in [0, 0.05) is 18.0 Å². The number of nitrogens with zero attached hydrogens (tertiary/aromatic N) is 1. The minimum absolute atomic E-state index is 0.0124. The van der Waals surface area contributed by atoms with Gasteiger partial charge in [0.15, 0.2) is 0 Å². The zero-order valence-electron chi connectivity index (χ0n) is 22.4. The van der Waals surface area contributed by atoms with Crippen LogP contribution in [0, 0.1) is 11.3 Å². The maximum absolute atomic E-state index is 13.7. The third-order valence-corrected chi connectivity index (χ3v) is 6.43. The summed E-state index contributed by atoms with van der Waals surface area (Å²) in [6.45, 7) is 15.1. The van der Waals surface area contributed by atoms with Crippen molar-refractivity contribution in [3.05, 3.63) is 47.5 Å². The quantitative estimate of drug-likeness (QED) is 0.451. The Morgan fingerprint density at radius 1 is 1.00 bits per heavy atom. The molecule has 0 heterocycles. The number of likely N-dealkylation sites (N-methyl/N-ethyl adjacent to an activating group) is 2. The molecule has 0 bridgehead atoms. The molecule has 0 spiro atoms. The monoisotopic (exact) mass is 473 g/mol. The average Bonchev–Trinajstić information content (AvgIpc) is 2.74. The van der Waals surface area contributed by atoms with E-state index in [-0.39, 0.29) is 23.3 Å². The number of carbonyl (C=O) groups is 3. The Labute approximate surface area is 205 Å². The van der Waals surface area contributed by atoms with Crippen LogP contribution in [-0.4, -0.2) is 60.0 Å². The highest BCUT2D eigenvalue weighted by atomic mass is 16.4. The average molecular weight is 474 g/mol. The van der Waals surface area contributed by atoms with Crippen LogP contribution in [0.2, 0.25) is 0 Å². The van der Waals surface area contributed by atoms with Crippen LogP contribution in [0.3, 0.4) is 0 Å². The van der Waals surface area contributed by atoms with Gasteiger partial charge >= 0.3 is 5.97 Å². The van der Waals surface area contributed by atoms with Crippen LogP contribution in [0.15, 0.2) is 42.0 Å². The molecule has 0 saturated heterocycles. The van der Waals surface area contributed by atoms with Gasteiger partial charge in [-0.2, -0.15) is 0 Å². The smallest absolute Gasteiger partial charge is 0.331 e. The normalized spacial score (nSPS) is 15.4. The number of benzene rings is 1. The van der Waals surface area contributed by atoms with E-state index in [0.29, 0.717) is 0 Å². The Morgan fingerprint density at radius 2 is 1.53 bits per heavy atom. The molecule has 190 valence electrons. The molecule has 1 aromatic carbocycles. The van der Waals surface area contributed by atoms with Crippen LogP contribution in [0.5, 0.6) is 0 Å². The lowest BCUT2D eigenvalue weighted by Gasteiger charge is -2.39. The van der Waals surface area contributed by atoms with Gasteiger partial charge in [-0.25, -0.2) is 4.79 Å². The molecule has 1 unspecified atom stereocenters. The maximum Gasteiger partial charge on any atom is 0.331 e. The SMILES string of the molecule is CNC(C(=O)N[C@H](C(=O)N(C)[C@@H](C=C(C)C(=O)O)C(C)C)C(C)(C)C)C(C)(C)c1ccccc1. The Kier molecular flexibility index (Phi) is 10.1. The number of carboxylic acid groups (broad SMARTS) is 1. The minimum Gasteiger partial charge on any atom is -0.478 e. The first-order chi connectivity index (χ1) is 15.5. The van der Waals surface area contributed by atoms with Gasteiger partial charge in [0.1, 0.15) is 6.04 Å². The van der Waals surface area contributed by atoms with Crippen molar-refractivity contribution in [3.8, 4) is 0 Å². The molecular formula is C27H43N3O4. The zero-order valence-corrected chi connectivity index (χ0v) is 22.4. The largest absolute Gasteiger partial charge is 0.478 e. The van der Waals surface area contributed by atoms with Crippen molar-refractivity contribution in [2.45, 2.75) is 78.9 Å². The van der Waals surface area contributed by atoms with E-state index >= 15 is 0 Å². The van der Waals surface area contributed by atoms with Crippen molar-refractivity contribution in [1.82, 2.24) is 15.5 Å². The Balaban J connectivity index is 3.29. The summed E-state index contributed by atoms with van der Waals surface area (Å²) in [5, 5.41) is 15.5. The van der Waals surface area contributed by atoms with Gasteiger partial charge in [0.05, 0.1) is 12.1 Å². The lowest BCUT2D eigenvalue weighted by molar-refractivity contribution is -0.141. The van der Waals surface area contributed by atoms with Gasteiger partial charge in [-0.15, -0.1) is 0 Å². The fourth-order valence-corrected chi connectivity index (χ4v) is 4.16. The number of carbonyl (C=O) groups excluding carboxylic acids is 2. The second kappa shape index (κ2) is 11.6. The summed E-state index contributed by atoms with van der Waals surface area (Å²) < 4.78 is 0. The van der Waals surface area contributed by atoms with Crippen molar-refractivity contribution < 1.29 is 19.5 Å². The molecule has 0 fully saturated rings. The van der Waals surface area contributed by atoms with Gasteiger partial charge < -0.3 is 20.6 Å². The van der Waals surface area contributed by atoms with Crippen molar-refractivity contribution >= 4 is 17.8 Å². The van der Waals surface area contributed by atoms with E-state index in [1.165, 1.54) is 6.92 Å². The van der Waals surface area contributed by atoms with Crippen LogP contribution in [0.25, 0.3) is 0 Å². The highest BCUT2D eigenvalue weighted by Crippen LogP contribution is 2.29. The van der Waals surface area contributed by atoms with Gasteiger partial charge in [-0.1, -0.05) is 84.9 Å². The molecule has 3 atom stereocenters. The van der Waals surface area contributed by atoms with E-state index in [1.807, 2.05) is 78.8 Å². The minimum atomic E-state index is -1.02. The van der Waals surface area contributed by atoms with Gasteiger partial charge in [0.25, 0.3) is 0 Å². The lowest BCUT2D eigenvalue weighted by Crippen LogP contribution is -2.61. The van der Waals surface area contributed by atoms with Crippen LogP contribution in [-0.2, 0) is 19.8 Å². The Hall–Kier alpha value is -2.67. The summed E-state index contributed by atoms with van der Waals surface area (Å²) in [6, 6.07) is 7.99. The van der Waals surface area contributed by atoms with Crippen LogP contribution in [0.4, 0.5) is 0 Å². The summed E-state index contributed by atoms with van der Waals surface area (Å²) in [4.78, 5) is 40.1. The summed E-state index contributed by atoms with van der Waals surface area (Å²) in [5.74, 6) is -1.56.